The molecule has 2 rings (SSSR count). The zero-order valence-corrected chi connectivity index (χ0v) is 16.9. The standard InChI is InChI=1S/C19H24Cl2N2O4/c1-11-5-3-4-6-16(11)23-18(25)12(2)27-17(24)10-22-19(26)14-8-7-13(20)9-15(14)21/h7-9,11-12,16H,3-6,10H2,1-2H3,(H,22,26)(H,23,25)/t11-,12-,16-/m1/s1. The van der Waals surface area contributed by atoms with Gasteiger partial charge in [0.25, 0.3) is 11.8 Å². The van der Waals surface area contributed by atoms with Crippen LogP contribution in [0.2, 0.25) is 10.0 Å². The molecule has 0 bridgehead atoms. The molecular formula is C19H24Cl2N2O4. The van der Waals surface area contributed by atoms with Gasteiger partial charge in [-0.15, -0.1) is 0 Å². The fraction of sp³-hybridized carbons (Fsp3) is 0.526. The van der Waals surface area contributed by atoms with Gasteiger partial charge in [-0.25, -0.2) is 0 Å². The third-order valence-corrected chi connectivity index (χ3v) is 5.23. The van der Waals surface area contributed by atoms with Gasteiger partial charge in [0.2, 0.25) is 0 Å². The summed E-state index contributed by atoms with van der Waals surface area (Å²) >= 11 is 11.7. The minimum absolute atomic E-state index is 0.110. The topological polar surface area (TPSA) is 84.5 Å². The van der Waals surface area contributed by atoms with Crippen LogP contribution in [0.3, 0.4) is 0 Å². The highest BCUT2D eigenvalue weighted by molar-refractivity contribution is 6.36. The van der Waals surface area contributed by atoms with Gasteiger partial charge in [-0.05, 0) is 43.9 Å². The fourth-order valence-electron chi connectivity index (χ4n) is 3.04. The highest BCUT2D eigenvalue weighted by atomic mass is 35.5. The van der Waals surface area contributed by atoms with Crippen LogP contribution in [0, 0.1) is 5.92 Å². The van der Waals surface area contributed by atoms with Gasteiger partial charge in [0.05, 0.1) is 10.6 Å². The minimum atomic E-state index is -0.928. The second-order valence-electron chi connectivity index (χ2n) is 6.82. The molecule has 8 heteroatoms. The average molecular weight is 415 g/mol. The normalized spacial score (nSPS) is 20.4. The van der Waals surface area contributed by atoms with Crippen LogP contribution >= 0.6 is 23.2 Å². The number of benzene rings is 1. The van der Waals surface area contributed by atoms with Crippen LogP contribution < -0.4 is 10.6 Å². The van der Waals surface area contributed by atoms with E-state index in [-0.39, 0.29) is 29.1 Å². The molecule has 0 unspecified atom stereocenters. The van der Waals surface area contributed by atoms with Crippen LogP contribution in [0.5, 0.6) is 0 Å². The molecule has 1 aromatic rings. The van der Waals surface area contributed by atoms with Gasteiger partial charge >= 0.3 is 5.97 Å². The SMILES string of the molecule is C[C@@H]1CCCC[C@H]1NC(=O)[C@@H](C)OC(=O)CNC(=O)c1ccc(Cl)cc1Cl. The van der Waals surface area contributed by atoms with Gasteiger partial charge in [-0.3, -0.25) is 14.4 Å². The van der Waals surface area contributed by atoms with Crippen molar-refractivity contribution in [1.82, 2.24) is 10.6 Å². The summed E-state index contributed by atoms with van der Waals surface area (Å²) in [7, 11) is 0. The molecule has 1 aliphatic carbocycles. The van der Waals surface area contributed by atoms with E-state index in [0.717, 1.165) is 19.3 Å². The molecule has 0 aliphatic heterocycles. The molecule has 148 valence electrons. The summed E-state index contributed by atoms with van der Waals surface area (Å²) in [5.41, 5.74) is 0.200. The van der Waals surface area contributed by atoms with Crippen LogP contribution in [-0.2, 0) is 14.3 Å². The second-order valence-corrected chi connectivity index (χ2v) is 7.66. The number of halogens is 2. The van der Waals surface area contributed by atoms with E-state index in [1.54, 1.807) is 0 Å². The summed E-state index contributed by atoms with van der Waals surface area (Å²) in [6.07, 6.45) is 3.35. The van der Waals surface area contributed by atoms with Crippen LogP contribution in [0.1, 0.15) is 49.9 Å². The lowest BCUT2D eigenvalue weighted by molar-refractivity contribution is -0.154. The number of esters is 1. The summed E-state index contributed by atoms with van der Waals surface area (Å²) < 4.78 is 5.10. The van der Waals surface area contributed by atoms with Gasteiger partial charge in [0, 0.05) is 11.1 Å². The first-order valence-corrected chi connectivity index (χ1v) is 9.76. The fourth-order valence-corrected chi connectivity index (χ4v) is 3.54. The molecule has 27 heavy (non-hydrogen) atoms. The summed E-state index contributed by atoms with van der Waals surface area (Å²) in [4.78, 5) is 36.2. The number of nitrogens with one attached hydrogen (secondary N) is 2. The molecule has 2 N–H and O–H groups in total. The predicted octanol–water partition coefficient (Wildman–Crippen LogP) is 3.35. The number of carbonyl (C=O) groups excluding carboxylic acids is 3. The Morgan fingerprint density at radius 2 is 1.93 bits per heavy atom. The molecule has 0 saturated heterocycles. The van der Waals surface area contributed by atoms with Gasteiger partial charge in [-0.1, -0.05) is 43.0 Å². The van der Waals surface area contributed by atoms with Gasteiger partial charge in [-0.2, -0.15) is 0 Å². The number of rotatable bonds is 6. The highest BCUT2D eigenvalue weighted by Crippen LogP contribution is 2.24. The van der Waals surface area contributed by atoms with Crippen LogP contribution in [0.15, 0.2) is 18.2 Å². The van der Waals surface area contributed by atoms with Crippen molar-refractivity contribution in [3.05, 3.63) is 33.8 Å². The van der Waals surface area contributed by atoms with Gasteiger partial charge in [0.1, 0.15) is 6.54 Å². The molecule has 0 aromatic heterocycles. The van der Waals surface area contributed by atoms with Crippen molar-refractivity contribution in [2.45, 2.75) is 51.7 Å². The maximum absolute atomic E-state index is 12.2. The molecule has 0 spiro atoms. The first-order valence-electron chi connectivity index (χ1n) is 9.01. The minimum Gasteiger partial charge on any atom is -0.451 e. The smallest absolute Gasteiger partial charge is 0.326 e. The number of hydrogen-bond donors (Lipinski definition) is 2. The van der Waals surface area contributed by atoms with Crippen LogP contribution in [-0.4, -0.2) is 36.5 Å². The van der Waals surface area contributed by atoms with Gasteiger partial charge < -0.3 is 15.4 Å². The van der Waals surface area contributed by atoms with Crippen molar-refractivity contribution in [3.8, 4) is 0 Å². The van der Waals surface area contributed by atoms with E-state index >= 15 is 0 Å². The molecule has 1 saturated carbocycles. The number of ether oxygens (including phenoxy) is 1. The third-order valence-electron chi connectivity index (χ3n) is 4.69. The Hall–Kier alpha value is -1.79. The highest BCUT2D eigenvalue weighted by Gasteiger charge is 2.26. The molecule has 6 nitrogen and oxygen atoms in total. The Balaban J connectivity index is 1.78. The predicted molar refractivity (Wildman–Crippen MR) is 104 cm³/mol. The third kappa shape index (κ3) is 6.40. The zero-order chi connectivity index (χ0) is 20.0. The monoisotopic (exact) mass is 414 g/mol. The van der Waals surface area contributed by atoms with Crippen molar-refractivity contribution in [2.24, 2.45) is 5.92 Å². The lowest BCUT2D eigenvalue weighted by Crippen LogP contribution is -2.46. The quantitative estimate of drug-likeness (QED) is 0.698. The average Bonchev–Trinajstić information content (AvgIpc) is 2.61. The van der Waals surface area contributed by atoms with E-state index in [4.69, 9.17) is 27.9 Å². The molecule has 2 amide bonds. The lowest BCUT2D eigenvalue weighted by atomic mass is 9.86. The van der Waals surface area contributed by atoms with E-state index in [9.17, 15) is 14.4 Å². The molecule has 1 fully saturated rings. The summed E-state index contributed by atoms with van der Waals surface area (Å²) in [5.74, 6) is -1.14. The van der Waals surface area contributed by atoms with E-state index in [1.165, 1.54) is 31.5 Å². The molecular weight excluding hydrogens is 391 g/mol. The van der Waals surface area contributed by atoms with E-state index < -0.39 is 18.0 Å². The largest absolute Gasteiger partial charge is 0.451 e. The Kier molecular flexibility index (Phi) is 7.92. The van der Waals surface area contributed by atoms with Crippen molar-refractivity contribution in [2.75, 3.05) is 6.54 Å². The maximum Gasteiger partial charge on any atom is 0.326 e. The van der Waals surface area contributed by atoms with Crippen molar-refractivity contribution in [3.63, 3.8) is 0 Å². The second kappa shape index (κ2) is 9.95. The molecule has 0 heterocycles. The van der Waals surface area contributed by atoms with Crippen LogP contribution in [0.4, 0.5) is 0 Å². The van der Waals surface area contributed by atoms with Crippen LogP contribution in [0.25, 0.3) is 0 Å². The molecule has 3 atom stereocenters. The maximum atomic E-state index is 12.2. The summed E-state index contributed by atoms with van der Waals surface area (Å²) in [6, 6.07) is 4.54. The molecule has 1 aromatic carbocycles. The Morgan fingerprint density at radius 3 is 2.59 bits per heavy atom. The number of amides is 2. The summed E-state index contributed by atoms with van der Waals surface area (Å²) in [6.45, 7) is 3.26. The first kappa shape index (κ1) is 21.5. The van der Waals surface area contributed by atoms with Crippen molar-refractivity contribution >= 4 is 41.0 Å². The number of hydrogen-bond acceptors (Lipinski definition) is 4. The van der Waals surface area contributed by atoms with E-state index in [0.29, 0.717) is 10.9 Å². The Labute approximate surface area is 168 Å². The van der Waals surface area contributed by atoms with E-state index in [2.05, 4.69) is 17.6 Å². The molecule has 1 aliphatic rings. The molecule has 0 radical (unpaired) electrons. The summed E-state index contributed by atoms with van der Waals surface area (Å²) in [5, 5.41) is 5.95. The lowest BCUT2D eigenvalue weighted by Gasteiger charge is -2.30. The zero-order valence-electron chi connectivity index (χ0n) is 15.4. The Morgan fingerprint density at radius 1 is 1.22 bits per heavy atom. The van der Waals surface area contributed by atoms with E-state index in [1.807, 2.05) is 0 Å². The van der Waals surface area contributed by atoms with Crippen molar-refractivity contribution < 1.29 is 19.1 Å². The first-order chi connectivity index (χ1) is 12.8. The Bertz CT molecular complexity index is 711. The van der Waals surface area contributed by atoms with Crippen molar-refractivity contribution in [1.29, 1.82) is 0 Å². The van der Waals surface area contributed by atoms with Gasteiger partial charge in [0.15, 0.2) is 6.10 Å². The number of carbonyl (C=O) groups is 3.